The largest absolute Gasteiger partial charge is 0.489 e. The fourth-order valence-corrected chi connectivity index (χ4v) is 2.39. The third kappa shape index (κ3) is 3.92. The summed E-state index contributed by atoms with van der Waals surface area (Å²) in [5.41, 5.74) is -0.0840. The molecule has 3 rings (SSSR count). The van der Waals surface area contributed by atoms with Crippen molar-refractivity contribution >= 4 is 16.7 Å². The minimum atomic E-state index is -1.13. The van der Waals surface area contributed by atoms with Crippen molar-refractivity contribution in [2.24, 2.45) is 0 Å². The van der Waals surface area contributed by atoms with Crippen LogP contribution in [0.3, 0.4) is 0 Å². The normalized spacial score (nSPS) is 10.7. The number of carbonyl (C=O) groups is 1. The van der Waals surface area contributed by atoms with Crippen LogP contribution in [0.5, 0.6) is 11.5 Å². The topological polar surface area (TPSA) is 35.5 Å². The highest BCUT2D eigenvalue weighted by Gasteiger charge is 2.19. The number of halogens is 4. The molecule has 3 nitrogen and oxygen atoms in total. The SMILES string of the molecule is C=CCOc1cc(F)c(OC(=O)c2ccc3cc(F)c(F)cc3c2)c(F)c1. The molecule has 0 aromatic heterocycles. The lowest BCUT2D eigenvalue weighted by atomic mass is 10.1. The molecular formula is C20H12F4O3. The smallest absolute Gasteiger partial charge is 0.343 e. The van der Waals surface area contributed by atoms with E-state index in [4.69, 9.17) is 9.47 Å². The molecule has 0 spiro atoms. The van der Waals surface area contributed by atoms with Crippen molar-refractivity contribution in [1.29, 1.82) is 0 Å². The minimum absolute atomic E-state index is 0.0479. The van der Waals surface area contributed by atoms with Crippen molar-refractivity contribution in [3.05, 3.63) is 84.0 Å². The van der Waals surface area contributed by atoms with E-state index in [-0.39, 0.29) is 23.3 Å². The standard InChI is InChI=1S/C20H12F4O3/c1-2-5-26-14-9-17(23)19(18(24)10-14)27-20(25)12-4-3-11-7-15(21)16(22)8-13(11)6-12/h2-4,6-10H,1,5H2. The van der Waals surface area contributed by atoms with Crippen LogP contribution in [0.15, 0.2) is 55.1 Å². The number of ether oxygens (including phenoxy) is 2. The average molecular weight is 376 g/mol. The van der Waals surface area contributed by atoms with Gasteiger partial charge in [0.05, 0.1) is 5.56 Å². The van der Waals surface area contributed by atoms with E-state index >= 15 is 0 Å². The number of rotatable bonds is 5. The van der Waals surface area contributed by atoms with Crippen molar-refractivity contribution in [3.63, 3.8) is 0 Å². The molecule has 0 saturated carbocycles. The van der Waals surface area contributed by atoms with Crippen LogP contribution in [-0.4, -0.2) is 12.6 Å². The summed E-state index contributed by atoms with van der Waals surface area (Å²) in [5.74, 6) is -6.41. The Kier molecular flexibility index (Phi) is 5.12. The zero-order valence-corrected chi connectivity index (χ0v) is 13.8. The highest BCUT2D eigenvalue weighted by molar-refractivity contribution is 5.96. The van der Waals surface area contributed by atoms with E-state index < -0.39 is 35.0 Å². The zero-order chi connectivity index (χ0) is 19.6. The maximum atomic E-state index is 14.1. The molecule has 0 atom stereocenters. The van der Waals surface area contributed by atoms with Gasteiger partial charge in [-0.1, -0.05) is 18.7 Å². The van der Waals surface area contributed by atoms with Gasteiger partial charge in [0, 0.05) is 12.1 Å². The van der Waals surface area contributed by atoms with Gasteiger partial charge in [-0.15, -0.1) is 0 Å². The Balaban J connectivity index is 1.88. The van der Waals surface area contributed by atoms with Crippen molar-refractivity contribution in [2.45, 2.75) is 0 Å². The molecule has 0 amide bonds. The maximum Gasteiger partial charge on any atom is 0.343 e. The minimum Gasteiger partial charge on any atom is -0.489 e. The Labute approximate surface area is 151 Å². The van der Waals surface area contributed by atoms with E-state index in [2.05, 4.69) is 6.58 Å². The summed E-state index contributed by atoms with van der Waals surface area (Å²) < 4.78 is 64.5. The fourth-order valence-electron chi connectivity index (χ4n) is 2.39. The number of hydrogen-bond acceptors (Lipinski definition) is 3. The van der Waals surface area contributed by atoms with Crippen molar-refractivity contribution in [2.75, 3.05) is 6.61 Å². The van der Waals surface area contributed by atoms with Gasteiger partial charge in [-0.3, -0.25) is 0 Å². The molecule has 0 N–H and O–H groups in total. The van der Waals surface area contributed by atoms with Gasteiger partial charge in [-0.25, -0.2) is 22.4 Å². The Morgan fingerprint density at radius 1 is 0.889 bits per heavy atom. The monoisotopic (exact) mass is 376 g/mol. The Hall–Kier alpha value is -3.35. The van der Waals surface area contributed by atoms with Crippen molar-refractivity contribution in [1.82, 2.24) is 0 Å². The third-order valence-corrected chi connectivity index (χ3v) is 3.65. The number of benzene rings is 3. The first-order valence-corrected chi connectivity index (χ1v) is 7.73. The molecule has 0 radical (unpaired) electrons. The van der Waals surface area contributed by atoms with Crippen molar-refractivity contribution in [3.8, 4) is 11.5 Å². The van der Waals surface area contributed by atoms with Gasteiger partial charge in [0.2, 0.25) is 5.75 Å². The van der Waals surface area contributed by atoms with Crippen molar-refractivity contribution < 1.29 is 31.8 Å². The molecule has 3 aromatic rings. The second kappa shape index (κ2) is 7.49. The lowest BCUT2D eigenvalue weighted by molar-refractivity contribution is 0.0720. The van der Waals surface area contributed by atoms with Crippen LogP contribution in [-0.2, 0) is 0 Å². The summed E-state index contributed by atoms with van der Waals surface area (Å²) in [6, 6.07) is 7.50. The molecule has 0 bridgehead atoms. The van der Waals surface area contributed by atoms with Crippen LogP contribution in [0, 0.1) is 23.3 Å². The van der Waals surface area contributed by atoms with Gasteiger partial charge in [0.1, 0.15) is 12.4 Å². The van der Waals surface area contributed by atoms with E-state index in [0.29, 0.717) is 5.39 Å². The van der Waals surface area contributed by atoms with E-state index in [1.807, 2.05) is 0 Å². The van der Waals surface area contributed by atoms with Gasteiger partial charge in [-0.05, 0) is 35.0 Å². The first-order valence-electron chi connectivity index (χ1n) is 7.73. The summed E-state index contributed by atoms with van der Waals surface area (Å²) in [6.45, 7) is 3.46. The molecule has 0 unspecified atom stereocenters. The van der Waals surface area contributed by atoms with E-state index in [0.717, 1.165) is 24.3 Å². The predicted molar refractivity (Wildman–Crippen MR) is 90.9 cm³/mol. The summed E-state index contributed by atoms with van der Waals surface area (Å²) in [6.07, 6.45) is 1.40. The van der Waals surface area contributed by atoms with Crippen LogP contribution in [0.4, 0.5) is 17.6 Å². The Bertz CT molecular complexity index is 1020. The molecule has 0 saturated heterocycles. The molecule has 0 aliphatic heterocycles. The predicted octanol–water partition coefficient (Wildman–Crippen LogP) is 5.18. The molecule has 0 aliphatic rings. The van der Waals surface area contributed by atoms with Gasteiger partial charge in [0.25, 0.3) is 0 Å². The molecule has 138 valence electrons. The highest BCUT2D eigenvalue weighted by Crippen LogP contribution is 2.28. The third-order valence-electron chi connectivity index (χ3n) is 3.65. The summed E-state index contributed by atoms with van der Waals surface area (Å²) >= 11 is 0. The van der Waals surface area contributed by atoms with E-state index in [1.54, 1.807) is 0 Å². The maximum absolute atomic E-state index is 14.1. The summed E-state index contributed by atoms with van der Waals surface area (Å²) in [7, 11) is 0. The lowest BCUT2D eigenvalue weighted by Crippen LogP contribution is -2.11. The molecule has 0 heterocycles. The van der Waals surface area contributed by atoms with Crippen LogP contribution in [0.1, 0.15) is 10.4 Å². The number of fused-ring (bicyclic) bond motifs is 1. The first-order chi connectivity index (χ1) is 12.9. The van der Waals surface area contributed by atoms with E-state index in [9.17, 15) is 22.4 Å². The number of carbonyl (C=O) groups excluding carboxylic acids is 1. The quantitative estimate of drug-likeness (QED) is 0.266. The molecule has 7 heteroatoms. The van der Waals surface area contributed by atoms with Crippen LogP contribution in [0.2, 0.25) is 0 Å². The molecule has 27 heavy (non-hydrogen) atoms. The molecule has 0 aliphatic carbocycles. The van der Waals surface area contributed by atoms with Gasteiger partial charge >= 0.3 is 5.97 Å². The Morgan fingerprint density at radius 3 is 2.15 bits per heavy atom. The van der Waals surface area contributed by atoms with Gasteiger partial charge < -0.3 is 9.47 Å². The van der Waals surface area contributed by atoms with Crippen LogP contribution < -0.4 is 9.47 Å². The van der Waals surface area contributed by atoms with E-state index in [1.165, 1.54) is 24.3 Å². The fraction of sp³-hybridized carbons (Fsp3) is 0.0500. The number of esters is 1. The average Bonchev–Trinajstić information content (AvgIpc) is 2.63. The molecule has 0 fully saturated rings. The van der Waals surface area contributed by atoms with Crippen LogP contribution in [0.25, 0.3) is 10.8 Å². The van der Waals surface area contributed by atoms with Crippen LogP contribution >= 0.6 is 0 Å². The molecular weight excluding hydrogens is 364 g/mol. The highest BCUT2D eigenvalue weighted by atomic mass is 19.2. The van der Waals surface area contributed by atoms with Gasteiger partial charge in [-0.2, -0.15) is 0 Å². The molecule has 3 aromatic carbocycles. The van der Waals surface area contributed by atoms with Gasteiger partial charge in [0.15, 0.2) is 23.3 Å². The summed E-state index contributed by atoms with van der Waals surface area (Å²) in [4.78, 5) is 12.2. The first kappa shape index (κ1) is 18.4. The summed E-state index contributed by atoms with van der Waals surface area (Å²) in [5, 5.41) is 0.587. The number of hydrogen-bond donors (Lipinski definition) is 0. The Morgan fingerprint density at radius 2 is 1.52 bits per heavy atom. The lowest BCUT2D eigenvalue weighted by Gasteiger charge is -2.10. The zero-order valence-electron chi connectivity index (χ0n) is 13.8. The second-order valence-electron chi connectivity index (χ2n) is 5.53. The second-order valence-corrected chi connectivity index (χ2v) is 5.53.